The van der Waals surface area contributed by atoms with Crippen LogP contribution < -0.4 is 0 Å². The number of piperidine rings is 1. The summed E-state index contributed by atoms with van der Waals surface area (Å²) in [5.41, 5.74) is 2.19. The van der Waals surface area contributed by atoms with Crippen LogP contribution in [0.2, 0.25) is 0 Å². The molecule has 1 heterocycles. The van der Waals surface area contributed by atoms with Crippen LogP contribution in [0.4, 0.5) is 4.39 Å². The van der Waals surface area contributed by atoms with Crippen LogP contribution in [0, 0.1) is 5.82 Å². The number of aryl methyl sites for hydroxylation is 1. The first-order chi connectivity index (χ1) is 12.1. The van der Waals surface area contributed by atoms with Crippen molar-refractivity contribution < 1.29 is 14.3 Å². The molecule has 0 spiro atoms. The molecule has 2 aliphatic rings. The van der Waals surface area contributed by atoms with Crippen LogP contribution in [0.5, 0.6) is 0 Å². The summed E-state index contributed by atoms with van der Waals surface area (Å²) < 4.78 is 13.1. The van der Waals surface area contributed by atoms with Crippen molar-refractivity contribution in [2.45, 2.75) is 37.2 Å². The Hall–Kier alpha value is -2.20. The second kappa shape index (κ2) is 6.26. The van der Waals surface area contributed by atoms with E-state index in [1.54, 1.807) is 12.1 Å². The fraction of sp³-hybridized carbons (Fsp3) is 0.381. The number of nitrogens with zero attached hydrogens (tertiary/aromatic N) is 1. The first kappa shape index (κ1) is 16.3. The van der Waals surface area contributed by atoms with Gasteiger partial charge in [0.25, 0.3) is 0 Å². The molecule has 3 nitrogen and oxygen atoms in total. The summed E-state index contributed by atoms with van der Waals surface area (Å²) in [4.78, 5) is 14.8. The van der Waals surface area contributed by atoms with Gasteiger partial charge in [0.1, 0.15) is 5.82 Å². The molecule has 1 fully saturated rings. The zero-order valence-corrected chi connectivity index (χ0v) is 14.1. The maximum Gasteiger partial charge on any atom is 0.230 e. The van der Waals surface area contributed by atoms with Crippen LogP contribution in [0.3, 0.4) is 0 Å². The van der Waals surface area contributed by atoms with Gasteiger partial charge in [-0.05, 0) is 54.5 Å². The van der Waals surface area contributed by atoms with Gasteiger partial charge in [-0.1, -0.05) is 36.4 Å². The third-order valence-electron chi connectivity index (χ3n) is 5.71. The number of benzene rings is 2. The molecule has 4 rings (SSSR count). The summed E-state index contributed by atoms with van der Waals surface area (Å²) in [6.07, 6.45) is 2.80. The molecule has 1 amide bonds. The second-order valence-corrected chi connectivity index (χ2v) is 7.15. The first-order valence-corrected chi connectivity index (χ1v) is 8.92. The average molecular weight is 339 g/mol. The molecule has 4 heteroatoms. The van der Waals surface area contributed by atoms with E-state index >= 15 is 0 Å². The summed E-state index contributed by atoms with van der Waals surface area (Å²) in [6.45, 7) is 1.07. The third kappa shape index (κ3) is 2.95. The monoisotopic (exact) mass is 339 g/mol. The number of fused-ring (bicyclic) bond motifs is 1. The van der Waals surface area contributed by atoms with Crippen LogP contribution in [0.25, 0.3) is 0 Å². The van der Waals surface area contributed by atoms with E-state index < -0.39 is 5.60 Å². The van der Waals surface area contributed by atoms with Crippen LogP contribution in [-0.2, 0) is 16.8 Å². The molecule has 1 aliphatic carbocycles. The predicted molar refractivity (Wildman–Crippen MR) is 93.6 cm³/mol. The molecule has 25 heavy (non-hydrogen) atoms. The molecule has 130 valence electrons. The Kier molecular flexibility index (Phi) is 4.08. The van der Waals surface area contributed by atoms with E-state index in [9.17, 15) is 14.3 Å². The lowest BCUT2D eigenvalue weighted by Gasteiger charge is -2.39. The highest BCUT2D eigenvalue weighted by atomic mass is 19.1. The first-order valence-electron chi connectivity index (χ1n) is 8.92. The lowest BCUT2D eigenvalue weighted by molar-refractivity contribution is -0.137. The number of carbonyl (C=O) groups excluding carboxylic acids is 1. The molecule has 1 aliphatic heterocycles. The summed E-state index contributed by atoms with van der Waals surface area (Å²) in [7, 11) is 0. The van der Waals surface area contributed by atoms with Crippen molar-refractivity contribution >= 4 is 5.91 Å². The summed E-state index contributed by atoms with van der Waals surface area (Å²) in [5.74, 6) is -0.181. The van der Waals surface area contributed by atoms with Gasteiger partial charge in [0.05, 0.1) is 11.5 Å². The maximum absolute atomic E-state index is 13.1. The third-order valence-corrected chi connectivity index (χ3v) is 5.71. The Bertz CT molecular complexity index is 779. The molecular weight excluding hydrogens is 317 g/mol. The maximum atomic E-state index is 13.1. The van der Waals surface area contributed by atoms with Crippen molar-refractivity contribution in [3.05, 3.63) is 71.0 Å². The zero-order chi connectivity index (χ0) is 17.4. The topological polar surface area (TPSA) is 40.5 Å². The fourth-order valence-electron chi connectivity index (χ4n) is 4.18. The van der Waals surface area contributed by atoms with E-state index in [-0.39, 0.29) is 17.6 Å². The minimum atomic E-state index is -0.974. The van der Waals surface area contributed by atoms with Gasteiger partial charge in [-0.3, -0.25) is 4.79 Å². The van der Waals surface area contributed by atoms with Gasteiger partial charge >= 0.3 is 0 Å². The van der Waals surface area contributed by atoms with E-state index in [0.717, 1.165) is 24.0 Å². The molecule has 0 radical (unpaired) electrons. The highest BCUT2D eigenvalue weighted by Crippen LogP contribution is 2.37. The van der Waals surface area contributed by atoms with Crippen molar-refractivity contribution in [1.29, 1.82) is 0 Å². The smallest absolute Gasteiger partial charge is 0.230 e. The van der Waals surface area contributed by atoms with E-state index in [4.69, 9.17) is 0 Å². The van der Waals surface area contributed by atoms with Crippen LogP contribution in [-0.4, -0.2) is 29.0 Å². The molecule has 1 unspecified atom stereocenters. The SMILES string of the molecule is O=C(C1CCc2ccccc21)N1CCC(O)(c2ccc(F)cc2)CC1. The summed E-state index contributed by atoms with van der Waals surface area (Å²) in [6, 6.07) is 14.2. The molecule has 2 aromatic carbocycles. The molecule has 1 saturated heterocycles. The van der Waals surface area contributed by atoms with E-state index in [2.05, 4.69) is 12.1 Å². The van der Waals surface area contributed by atoms with Crippen LogP contribution in [0.15, 0.2) is 48.5 Å². The standard InChI is InChI=1S/C21H22FNO2/c22-17-8-6-16(7-9-17)21(25)11-13-23(14-12-21)20(24)19-10-5-15-3-1-2-4-18(15)19/h1-4,6-9,19,25H,5,10-14H2. The number of hydrogen-bond donors (Lipinski definition) is 1. The molecule has 1 atom stereocenters. The normalized spacial score (nSPS) is 21.8. The van der Waals surface area contributed by atoms with E-state index in [1.165, 1.54) is 17.7 Å². The average Bonchev–Trinajstić information content (AvgIpc) is 3.06. The largest absolute Gasteiger partial charge is 0.385 e. The number of hydrogen-bond acceptors (Lipinski definition) is 2. The number of likely N-dealkylation sites (tertiary alicyclic amines) is 1. The highest BCUT2D eigenvalue weighted by Gasteiger charge is 2.38. The Labute approximate surface area is 147 Å². The molecule has 0 saturated carbocycles. The molecular formula is C21H22FNO2. The van der Waals surface area contributed by atoms with Crippen molar-refractivity contribution in [2.24, 2.45) is 0 Å². The van der Waals surface area contributed by atoms with Crippen LogP contribution in [0.1, 0.15) is 41.9 Å². The molecule has 1 N–H and O–H groups in total. The minimum Gasteiger partial charge on any atom is -0.385 e. The van der Waals surface area contributed by atoms with Crippen molar-refractivity contribution in [2.75, 3.05) is 13.1 Å². The fourth-order valence-corrected chi connectivity index (χ4v) is 4.18. The van der Waals surface area contributed by atoms with Gasteiger partial charge in [-0.15, -0.1) is 0 Å². The van der Waals surface area contributed by atoms with Gasteiger partial charge in [0, 0.05) is 13.1 Å². The van der Waals surface area contributed by atoms with E-state index in [0.29, 0.717) is 25.9 Å². The Morgan fingerprint density at radius 2 is 1.76 bits per heavy atom. The van der Waals surface area contributed by atoms with E-state index in [1.807, 2.05) is 17.0 Å². The lowest BCUT2D eigenvalue weighted by atomic mass is 9.84. The number of rotatable bonds is 2. The van der Waals surface area contributed by atoms with Gasteiger partial charge in [-0.2, -0.15) is 0 Å². The number of carbonyl (C=O) groups is 1. The highest BCUT2D eigenvalue weighted by molar-refractivity contribution is 5.85. The summed E-state index contributed by atoms with van der Waals surface area (Å²) >= 11 is 0. The van der Waals surface area contributed by atoms with Gasteiger partial charge < -0.3 is 10.0 Å². The second-order valence-electron chi connectivity index (χ2n) is 7.15. The Morgan fingerprint density at radius 3 is 2.48 bits per heavy atom. The van der Waals surface area contributed by atoms with Gasteiger partial charge in [-0.25, -0.2) is 4.39 Å². The number of halogens is 1. The Morgan fingerprint density at radius 1 is 1.08 bits per heavy atom. The van der Waals surface area contributed by atoms with Gasteiger partial charge in [0.2, 0.25) is 5.91 Å². The molecule has 0 aromatic heterocycles. The number of aliphatic hydroxyl groups is 1. The Balaban J connectivity index is 1.45. The van der Waals surface area contributed by atoms with Gasteiger partial charge in [0.15, 0.2) is 0 Å². The quantitative estimate of drug-likeness (QED) is 0.911. The van der Waals surface area contributed by atoms with Crippen LogP contribution >= 0.6 is 0 Å². The van der Waals surface area contributed by atoms with Crippen molar-refractivity contribution in [1.82, 2.24) is 4.90 Å². The summed E-state index contributed by atoms with van der Waals surface area (Å²) in [5, 5.41) is 10.9. The minimum absolute atomic E-state index is 0.0479. The zero-order valence-electron chi connectivity index (χ0n) is 14.1. The predicted octanol–water partition coefficient (Wildman–Crippen LogP) is 3.37. The lowest BCUT2D eigenvalue weighted by Crippen LogP contribution is -2.46. The van der Waals surface area contributed by atoms with Crippen molar-refractivity contribution in [3.63, 3.8) is 0 Å². The van der Waals surface area contributed by atoms with Crippen molar-refractivity contribution in [3.8, 4) is 0 Å². The number of amides is 1. The molecule has 0 bridgehead atoms. The molecule has 2 aromatic rings.